The van der Waals surface area contributed by atoms with Crippen LogP contribution in [-0.2, 0) is 0 Å². The van der Waals surface area contributed by atoms with Gasteiger partial charge in [0.15, 0.2) is 17.9 Å². The lowest BCUT2D eigenvalue weighted by atomic mass is 10.1. The summed E-state index contributed by atoms with van der Waals surface area (Å²) in [6.07, 6.45) is 0.680. The van der Waals surface area contributed by atoms with Crippen LogP contribution in [0, 0.1) is 30.1 Å². The van der Waals surface area contributed by atoms with Gasteiger partial charge in [-0.2, -0.15) is 5.26 Å². The SMILES string of the molecule is Cc1[c]c(C=O)ccc1Oc1ccc(C#N)cc1F. The molecule has 0 aliphatic carbocycles. The Hall–Kier alpha value is -2.67. The average molecular weight is 254 g/mol. The van der Waals surface area contributed by atoms with Gasteiger partial charge in [-0.05, 0) is 43.3 Å². The maximum absolute atomic E-state index is 13.7. The van der Waals surface area contributed by atoms with Crippen molar-refractivity contribution >= 4 is 6.29 Å². The minimum Gasteiger partial charge on any atom is -0.454 e. The lowest BCUT2D eigenvalue weighted by Crippen LogP contribution is -1.93. The molecule has 0 aliphatic heterocycles. The van der Waals surface area contributed by atoms with Crippen molar-refractivity contribution in [2.45, 2.75) is 6.92 Å². The molecule has 0 aliphatic rings. The molecule has 0 spiro atoms. The van der Waals surface area contributed by atoms with Crippen molar-refractivity contribution < 1.29 is 13.9 Å². The van der Waals surface area contributed by atoms with Crippen LogP contribution in [0.15, 0.2) is 30.3 Å². The fraction of sp³-hybridized carbons (Fsp3) is 0.0667. The smallest absolute Gasteiger partial charge is 0.167 e. The molecule has 0 saturated heterocycles. The maximum Gasteiger partial charge on any atom is 0.167 e. The van der Waals surface area contributed by atoms with Crippen LogP contribution in [-0.4, -0.2) is 6.29 Å². The molecule has 0 fully saturated rings. The Morgan fingerprint density at radius 1 is 1.32 bits per heavy atom. The molecule has 4 heteroatoms. The summed E-state index contributed by atoms with van der Waals surface area (Å²) in [5.74, 6) is -0.179. The lowest BCUT2D eigenvalue weighted by Gasteiger charge is -2.09. The molecule has 0 aromatic heterocycles. The third kappa shape index (κ3) is 2.78. The summed E-state index contributed by atoms with van der Waals surface area (Å²) in [6, 6.07) is 11.7. The van der Waals surface area contributed by atoms with E-state index in [1.165, 1.54) is 18.2 Å². The van der Waals surface area contributed by atoms with Crippen LogP contribution in [0.5, 0.6) is 11.5 Å². The van der Waals surface area contributed by atoms with E-state index in [9.17, 15) is 9.18 Å². The predicted octanol–water partition coefficient (Wildman–Crippen LogP) is 3.41. The fourth-order valence-electron chi connectivity index (χ4n) is 1.56. The first kappa shape index (κ1) is 12.8. The summed E-state index contributed by atoms with van der Waals surface area (Å²) >= 11 is 0. The molecule has 2 aromatic carbocycles. The van der Waals surface area contributed by atoms with Gasteiger partial charge in [0, 0.05) is 11.1 Å². The van der Waals surface area contributed by atoms with Crippen LogP contribution < -0.4 is 4.74 Å². The number of rotatable bonds is 3. The van der Waals surface area contributed by atoms with Crippen molar-refractivity contribution in [1.29, 1.82) is 5.26 Å². The molecule has 93 valence electrons. The van der Waals surface area contributed by atoms with Gasteiger partial charge >= 0.3 is 0 Å². The number of carbonyl (C=O) groups is 1. The van der Waals surface area contributed by atoms with Crippen molar-refractivity contribution in [3.63, 3.8) is 0 Å². The van der Waals surface area contributed by atoms with E-state index < -0.39 is 5.82 Å². The number of nitriles is 1. The van der Waals surface area contributed by atoms with Gasteiger partial charge in [-0.3, -0.25) is 4.79 Å². The predicted molar refractivity (Wildman–Crippen MR) is 66.6 cm³/mol. The zero-order valence-electron chi connectivity index (χ0n) is 10.1. The van der Waals surface area contributed by atoms with Gasteiger partial charge in [0.1, 0.15) is 5.75 Å². The number of nitrogens with zero attached hydrogens (tertiary/aromatic N) is 1. The molecule has 0 heterocycles. The largest absolute Gasteiger partial charge is 0.454 e. The number of carbonyl (C=O) groups excluding carboxylic acids is 1. The standard InChI is InChI=1S/C15H9FNO2/c1-10-6-12(9-18)3-4-14(10)19-15-5-2-11(8-17)7-13(15)16/h2-5,7,9H,1H3. The number of hydrogen-bond acceptors (Lipinski definition) is 3. The Morgan fingerprint density at radius 2 is 2.05 bits per heavy atom. The Morgan fingerprint density at radius 3 is 2.63 bits per heavy atom. The van der Waals surface area contributed by atoms with Crippen LogP contribution in [0.25, 0.3) is 0 Å². The normalized spacial score (nSPS) is 9.74. The number of hydrogen-bond donors (Lipinski definition) is 0. The third-order valence-electron chi connectivity index (χ3n) is 2.52. The number of benzene rings is 2. The molecular weight excluding hydrogens is 245 g/mol. The molecule has 0 saturated carbocycles. The minimum absolute atomic E-state index is 0.0225. The zero-order valence-corrected chi connectivity index (χ0v) is 10.1. The third-order valence-corrected chi connectivity index (χ3v) is 2.52. The molecule has 19 heavy (non-hydrogen) atoms. The molecule has 0 N–H and O–H groups in total. The van der Waals surface area contributed by atoms with E-state index in [4.69, 9.17) is 10.00 Å². The number of ether oxygens (including phenoxy) is 1. The maximum atomic E-state index is 13.7. The highest BCUT2D eigenvalue weighted by atomic mass is 19.1. The quantitative estimate of drug-likeness (QED) is 0.788. The minimum atomic E-state index is -0.613. The first-order valence-electron chi connectivity index (χ1n) is 5.49. The highest BCUT2D eigenvalue weighted by Gasteiger charge is 2.08. The summed E-state index contributed by atoms with van der Waals surface area (Å²) in [6.45, 7) is 1.71. The Labute approximate surface area is 109 Å². The second-order valence-corrected chi connectivity index (χ2v) is 3.88. The highest BCUT2D eigenvalue weighted by molar-refractivity contribution is 5.75. The number of halogens is 1. The van der Waals surface area contributed by atoms with E-state index in [0.29, 0.717) is 23.2 Å². The topological polar surface area (TPSA) is 50.1 Å². The van der Waals surface area contributed by atoms with Gasteiger partial charge in [0.2, 0.25) is 0 Å². The van der Waals surface area contributed by atoms with E-state index in [2.05, 4.69) is 6.07 Å². The monoisotopic (exact) mass is 254 g/mol. The van der Waals surface area contributed by atoms with E-state index in [1.807, 2.05) is 6.07 Å². The van der Waals surface area contributed by atoms with E-state index >= 15 is 0 Å². The second kappa shape index (κ2) is 5.32. The van der Waals surface area contributed by atoms with Gasteiger partial charge in [-0.25, -0.2) is 4.39 Å². The Bertz CT molecular complexity index is 674. The summed E-state index contributed by atoms with van der Waals surface area (Å²) in [7, 11) is 0. The van der Waals surface area contributed by atoms with Crippen LogP contribution in [0.3, 0.4) is 0 Å². The second-order valence-electron chi connectivity index (χ2n) is 3.88. The van der Waals surface area contributed by atoms with Crippen molar-refractivity contribution in [3.05, 3.63) is 58.9 Å². The molecule has 0 unspecified atom stereocenters. The summed E-state index contributed by atoms with van der Waals surface area (Å²) in [5, 5.41) is 8.65. The van der Waals surface area contributed by atoms with Crippen molar-refractivity contribution in [3.8, 4) is 17.6 Å². The van der Waals surface area contributed by atoms with Gasteiger partial charge in [-0.1, -0.05) is 0 Å². The molecule has 2 rings (SSSR count). The lowest BCUT2D eigenvalue weighted by molar-refractivity contribution is 0.112. The van der Waals surface area contributed by atoms with Gasteiger partial charge in [0.05, 0.1) is 11.6 Å². The average Bonchev–Trinajstić information content (AvgIpc) is 2.42. The van der Waals surface area contributed by atoms with Crippen molar-refractivity contribution in [2.24, 2.45) is 0 Å². The molecule has 3 nitrogen and oxygen atoms in total. The van der Waals surface area contributed by atoms with E-state index in [1.54, 1.807) is 13.0 Å². The molecule has 0 amide bonds. The first-order chi connectivity index (χ1) is 9.13. The number of aldehydes is 1. The molecular formula is C15H9FNO2. The van der Waals surface area contributed by atoms with Crippen LogP contribution >= 0.6 is 0 Å². The Balaban J connectivity index is 2.31. The van der Waals surface area contributed by atoms with E-state index in [0.717, 1.165) is 6.07 Å². The van der Waals surface area contributed by atoms with Crippen LogP contribution in [0.4, 0.5) is 4.39 Å². The fourth-order valence-corrected chi connectivity index (χ4v) is 1.56. The first-order valence-corrected chi connectivity index (χ1v) is 5.49. The van der Waals surface area contributed by atoms with Crippen LogP contribution in [0.1, 0.15) is 21.5 Å². The van der Waals surface area contributed by atoms with Gasteiger partial charge in [0.25, 0.3) is 0 Å². The Kier molecular flexibility index (Phi) is 3.58. The molecule has 1 radical (unpaired) electrons. The van der Waals surface area contributed by atoms with E-state index in [-0.39, 0.29) is 11.3 Å². The highest BCUT2D eigenvalue weighted by Crippen LogP contribution is 2.27. The van der Waals surface area contributed by atoms with Gasteiger partial charge in [-0.15, -0.1) is 0 Å². The molecule has 0 atom stereocenters. The number of aryl methyl sites for hydroxylation is 1. The van der Waals surface area contributed by atoms with Crippen molar-refractivity contribution in [1.82, 2.24) is 0 Å². The molecule has 2 aromatic rings. The summed E-state index contributed by atoms with van der Waals surface area (Å²) < 4.78 is 19.1. The summed E-state index contributed by atoms with van der Waals surface area (Å²) in [4.78, 5) is 10.6. The van der Waals surface area contributed by atoms with Gasteiger partial charge < -0.3 is 4.74 Å². The van der Waals surface area contributed by atoms with Crippen LogP contribution in [0.2, 0.25) is 0 Å². The van der Waals surface area contributed by atoms with Crippen molar-refractivity contribution in [2.75, 3.05) is 0 Å². The summed E-state index contributed by atoms with van der Waals surface area (Å²) in [5.41, 5.74) is 1.24. The zero-order chi connectivity index (χ0) is 13.8. The molecule has 0 bridgehead atoms.